The molecule has 1 heterocycles. The Bertz CT molecular complexity index is 279. The second-order valence-electron chi connectivity index (χ2n) is 5.81. The number of rotatable bonds is 5. The first kappa shape index (κ1) is 11.9. The van der Waals surface area contributed by atoms with Crippen molar-refractivity contribution in [2.45, 2.75) is 57.0 Å². The molecule has 3 heteroatoms. The van der Waals surface area contributed by atoms with Gasteiger partial charge in [0, 0.05) is 12.6 Å². The van der Waals surface area contributed by atoms with E-state index in [4.69, 9.17) is 11.0 Å². The van der Waals surface area contributed by atoms with Gasteiger partial charge < -0.3 is 10.6 Å². The van der Waals surface area contributed by atoms with E-state index in [1.807, 2.05) is 6.92 Å². The minimum absolute atomic E-state index is 0.621. The molecule has 0 spiro atoms. The maximum Gasteiger partial charge on any atom is 0.101 e. The summed E-state index contributed by atoms with van der Waals surface area (Å²) in [5, 5.41) is 8.81. The second-order valence-corrected chi connectivity index (χ2v) is 5.81. The number of fused-ring (bicyclic) bond motifs is 2. The molecule has 1 aliphatic heterocycles. The molecule has 2 bridgehead atoms. The lowest BCUT2D eigenvalue weighted by molar-refractivity contribution is 0.208. The van der Waals surface area contributed by atoms with Crippen molar-refractivity contribution in [3.63, 3.8) is 0 Å². The van der Waals surface area contributed by atoms with Gasteiger partial charge in [0.15, 0.2) is 0 Å². The number of hydrogen-bond acceptors (Lipinski definition) is 3. The second kappa shape index (κ2) is 4.73. The van der Waals surface area contributed by atoms with Crippen molar-refractivity contribution in [1.29, 1.82) is 5.26 Å². The fourth-order valence-corrected chi connectivity index (χ4v) is 3.16. The van der Waals surface area contributed by atoms with Crippen LogP contribution in [0.4, 0.5) is 0 Å². The third kappa shape index (κ3) is 2.75. The van der Waals surface area contributed by atoms with Crippen molar-refractivity contribution in [3.8, 4) is 6.07 Å². The van der Waals surface area contributed by atoms with Crippen molar-refractivity contribution in [3.05, 3.63) is 0 Å². The molecule has 16 heavy (non-hydrogen) atoms. The zero-order valence-electron chi connectivity index (χ0n) is 10.3. The van der Waals surface area contributed by atoms with Gasteiger partial charge in [0.1, 0.15) is 5.54 Å². The highest BCUT2D eigenvalue weighted by atomic mass is 15.2. The van der Waals surface area contributed by atoms with E-state index in [1.165, 1.54) is 38.8 Å². The van der Waals surface area contributed by atoms with Crippen LogP contribution in [0.2, 0.25) is 0 Å². The van der Waals surface area contributed by atoms with E-state index in [1.54, 1.807) is 0 Å². The number of nitrogens with zero attached hydrogens (tertiary/aromatic N) is 2. The summed E-state index contributed by atoms with van der Waals surface area (Å²) in [6, 6.07) is 3.04. The predicted molar refractivity (Wildman–Crippen MR) is 64.8 cm³/mol. The first-order valence-electron chi connectivity index (χ1n) is 6.55. The van der Waals surface area contributed by atoms with Crippen LogP contribution in [0.1, 0.15) is 45.4 Å². The van der Waals surface area contributed by atoms with Crippen LogP contribution >= 0.6 is 0 Å². The van der Waals surface area contributed by atoms with Gasteiger partial charge in [-0.2, -0.15) is 5.26 Å². The number of likely N-dealkylation sites (tertiary alicyclic amines) is 1. The molecule has 2 aliphatic rings. The largest absolute Gasteiger partial charge is 0.314 e. The zero-order chi connectivity index (χ0) is 11.6. The average Bonchev–Trinajstić information content (AvgIpc) is 2.86. The zero-order valence-corrected chi connectivity index (χ0v) is 10.3. The van der Waals surface area contributed by atoms with Gasteiger partial charge in [0.05, 0.1) is 6.07 Å². The lowest BCUT2D eigenvalue weighted by Gasteiger charge is -2.27. The quantitative estimate of drug-likeness (QED) is 0.721. The third-order valence-electron chi connectivity index (χ3n) is 4.17. The summed E-state index contributed by atoms with van der Waals surface area (Å²) in [6.45, 7) is 4.36. The molecule has 1 aliphatic carbocycles. The van der Waals surface area contributed by atoms with E-state index in [2.05, 4.69) is 11.0 Å². The Morgan fingerprint density at radius 2 is 2.25 bits per heavy atom. The molecule has 3 unspecified atom stereocenters. The molecule has 2 N–H and O–H groups in total. The van der Waals surface area contributed by atoms with Gasteiger partial charge in [-0.05, 0) is 57.9 Å². The highest BCUT2D eigenvalue weighted by Gasteiger charge is 2.36. The van der Waals surface area contributed by atoms with Crippen molar-refractivity contribution in [1.82, 2.24) is 4.90 Å². The molecule has 0 aromatic rings. The molecular formula is C13H23N3. The number of hydrogen-bond donors (Lipinski definition) is 1. The SMILES string of the molecule is CC(N)(C#N)CCCCN1CC2CCC1C2. The van der Waals surface area contributed by atoms with Crippen LogP contribution in [-0.4, -0.2) is 29.6 Å². The third-order valence-corrected chi connectivity index (χ3v) is 4.17. The van der Waals surface area contributed by atoms with Gasteiger partial charge in [-0.25, -0.2) is 0 Å². The van der Waals surface area contributed by atoms with Gasteiger partial charge in [0.25, 0.3) is 0 Å². The normalized spacial score (nSPS) is 32.6. The van der Waals surface area contributed by atoms with Crippen molar-refractivity contribution >= 4 is 0 Å². The van der Waals surface area contributed by atoms with Crippen LogP contribution in [0.25, 0.3) is 0 Å². The standard InChI is InChI=1S/C13H23N3/c1-13(15,10-14)6-2-3-7-16-9-11-4-5-12(16)8-11/h11-12H,2-9,15H2,1H3. The molecule has 2 fully saturated rings. The van der Waals surface area contributed by atoms with Crippen molar-refractivity contribution in [2.75, 3.05) is 13.1 Å². The first-order chi connectivity index (χ1) is 7.61. The van der Waals surface area contributed by atoms with Gasteiger partial charge in [-0.1, -0.05) is 0 Å². The lowest BCUT2D eigenvalue weighted by atomic mass is 9.98. The Hall–Kier alpha value is -0.590. The number of nitrogens with two attached hydrogens (primary N) is 1. The van der Waals surface area contributed by atoms with Gasteiger partial charge in [0.2, 0.25) is 0 Å². The predicted octanol–water partition coefficient (Wildman–Crippen LogP) is 1.88. The summed E-state index contributed by atoms with van der Waals surface area (Å²) >= 11 is 0. The monoisotopic (exact) mass is 221 g/mol. The Balaban J connectivity index is 1.61. The molecule has 0 radical (unpaired) electrons. The number of nitriles is 1. The van der Waals surface area contributed by atoms with Gasteiger partial charge in [-0.15, -0.1) is 0 Å². The summed E-state index contributed by atoms with van der Waals surface area (Å²) in [6.07, 6.45) is 7.40. The molecule has 90 valence electrons. The van der Waals surface area contributed by atoms with Crippen molar-refractivity contribution < 1.29 is 0 Å². The van der Waals surface area contributed by atoms with Gasteiger partial charge >= 0.3 is 0 Å². The molecule has 3 nitrogen and oxygen atoms in total. The fraction of sp³-hybridized carbons (Fsp3) is 0.923. The minimum Gasteiger partial charge on any atom is -0.314 e. The van der Waals surface area contributed by atoms with Crippen LogP contribution in [0.15, 0.2) is 0 Å². The van der Waals surface area contributed by atoms with Crippen molar-refractivity contribution in [2.24, 2.45) is 11.7 Å². The Morgan fingerprint density at radius 3 is 2.81 bits per heavy atom. The maximum atomic E-state index is 8.81. The van der Waals surface area contributed by atoms with Gasteiger partial charge in [-0.3, -0.25) is 0 Å². The minimum atomic E-state index is -0.621. The van der Waals surface area contributed by atoms with Crippen LogP contribution < -0.4 is 5.73 Å². The molecule has 1 saturated heterocycles. The molecule has 1 saturated carbocycles. The summed E-state index contributed by atoms with van der Waals surface area (Å²) in [5.74, 6) is 0.990. The molecular weight excluding hydrogens is 198 g/mol. The topological polar surface area (TPSA) is 53.1 Å². The first-order valence-corrected chi connectivity index (χ1v) is 6.55. The van der Waals surface area contributed by atoms with E-state index in [-0.39, 0.29) is 0 Å². The smallest absolute Gasteiger partial charge is 0.101 e. The highest BCUT2D eigenvalue weighted by Crippen LogP contribution is 2.37. The van der Waals surface area contributed by atoms with E-state index in [0.717, 1.165) is 24.8 Å². The van der Waals surface area contributed by atoms with E-state index in [9.17, 15) is 0 Å². The average molecular weight is 221 g/mol. The molecule has 0 amide bonds. The molecule has 2 rings (SSSR count). The molecule has 3 atom stereocenters. The molecule has 0 aromatic heterocycles. The van der Waals surface area contributed by atoms with E-state index >= 15 is 0 Å². The Morgan fingerprint density at radius 1 is 1.44 bits per heavy atom. The lowest BCUT2D eigenvalue weighted by Crippen LogP contribution is -2.35. The van der Waals surface area contributed by atoms with Crippen LogP contribution in [0.3, 0.4) is 0 Å². The van der Waals surface area contributed by atoms with Crippen LogP contribution in [0.5, 0.6) is 0 Å². The Labute approximate surface area is 98.6 Å². The van der Waals surface area contributed by atoms with Crippen LogP contribution in [-0.2, 0) is 0 Å². The summed E-state index contributed by atoms with van der Waals surface area (Å²) < 4.78 is 0. The highest BCUT2D eigenvalue weighted by molar-refractivity contribution is 5.00. The summed E-state index contributed by atoms with van der Waals surface area (Å²) in [4.78, 5) is 2.65. The van der Waals surface area contributed by atoms with E-state index in [0.29, 0.717) is 0 Å². The van der Waals surface area contributed by atoms with E-state index < -0.39 is 5.54 Å². The summed E-state index contributed by atoms with van der Waals surface area (Å²) in [5.41, 5.74) is 5.18. The Kier molecular flexibility index (Phi) is 3.51. The number of piperidine rings is 1. The summed E-state index contributed by atoms with van der Waals surface area (Å²) in [7, 11) is 0. The molecule has 0 aromatic carbocycles. The maximum absolute atomic E-state index is 8.81. The fourth-order valence-electron chi connectivity index (χ4n) is 3.16. The van der Waals surface area contributed by atoms with Crippen LogP contribution in [0, 0.1) is 17.2 Å². The number of unbranched alkanes of at least 4 members (excludes halogenated alkanes) is 1.